The maximum Gasteiger partial charge on any atom is 0.324 e. The Labute approximate surface area is 120 Å². The molecule has 0 heterocycles. The number of imide groups is 1. The number of amides is 3. The zero-order valence-electron chi connectivity index (χ0n) is 13.0. The summed E-state index contributed by atoms with van der Waals surface area (Å²) >= 11 is 0. The van der Waals surface area contributed by atoms with Gasteiger partial charge >= 0.3 is 12.0 Å². The van der Waals surface area contributed by atoms with Crippen molar-refractivity contribution < 1.29 is 19.5 Å². The van der Waals surface area contributed by atoms with Gasteiger partial charge in [0.25, 0.3) is 0 Å². The van der Waals surface area contributed by atoms with Crippen LogP contribution in [0.15, 0.2) is 0 Å². The van der Waals surface area contributed by atoms with Crippen molar-refractivity contribution in [3.8, 4) is 0 Å². The predicted molar refractivity (Wildman–Crippen MR) is 76.3 cm³/mol. The molecule has 6 nitrogen and oxygen atoms in total. The fraction of sp³-hybridized carbons (Fsp3) is 0.786. The van der Waals surface area contributed by atoms with Gasteiger partial charge in [-0.05, 0) is 18.8 Å². The van der Waals surface area contributed by atoms with Crippen molar-refractivity contribution >= 4 is 17.9 Å². The average Bonchev–Trinajstić information content (AvgIpc) is 2.24. The smallest absolute Gasteiger partial charge is 0.324 e. The Hall–Kier alpha value is -1.59. The number of carboxylic acids is 1. The Bertz CT molecular complexity index is 366. The third-order valence-electron chi connectivity index (χ3n) is 3.20. The van der Waals surface area contributed by atoms with Gasteiger partial charge in [0.1, 0.15) is 0 Å². The van der Waals surface area contributed by atoms with Crippen molar-refractivity contribution in [2.45, 2.75) is 59.4 Å². The lowest BCUT2D eigenvalue weighted by molar-refractivity contribution is -0.139. The van der Waals surface area contributed by atoms with E-state index in [0.29, 0.717) is 0 Å². The van der Waals surface area contributed by atoms with Crippen LogP contribution in [0.3, 0.4) is 0 Å². The number of aliphatic carboxylic acids is 1. The molecule has 1 unspecified atom stereocenters. The molecule has 3 amide bonds. The number of urea groups is 1. The van der Waals surface area contributed by atoms with Crippen LogP contribution in [0.25, 0.3) is 0 Å². The highest BCUT2D eigenvalue weighted by Crippen LogP contribution is 2.24. The van der Waals surface area contributed by atoms with Crippen LogP contribution in [0.1, 0.15) is 53.4 Å². The van der Waals surface area contributed by atoms with Crippen molar-refractivity contribution in [2.24, 2.45) is 5.41 Å². The summed E-state index contributed by atoms with van der Waals surface area (Å²) in [4.78, 5) is 35.8. The Morgan fingerprint density at radius 2 is 1.80 bits per heavy atom. The van der Waals surface area contributed by atoms with Gasteiger partial charge in [-0.25, -0.2) is 4.79 Å². The van der Waals surface area contributed by atoms with E-state index in [2.05, 4.69) is 5.32 Å². The van der Waals surface area contributed by atoms with Gasteiger partial charge < -0.3 is 10.0 Å². The number of carbonyl (C=O) groups is 3. The first-order chi connectivity index (χ1) is 9.09. The summed E-state index contributed by atoms with van der Waals surface area (Å²) in [5, 5.41) is 11.1. The molecule has 0 radical (unpaired) electrons. The van der Waals surface area contributed by atoms with E-state index in [-0.39, 0.29) is 18.9 Å². The molecule has 0 saturated carbocycles. The second kappa shape index (κ2) is 7.87. The Morgan fingerprint density at radius 1 is 1.25 bits per heavy atom. The van der Waals surface area contributed by atoms with E-state index in [4.69, 9.17) is 5.11 Å². The van der Waals surface area contributed by atoms with Crippen LogP contribution in [0.2, 0.25) is 0 Å². The lowest BCUT2D eigenvalue weighted by atomic mass is 9.85. The standard InChI is InChI=1S/C14H26N2O4/c1-6-7-10(2)16(5)13(20)15-11(17)8-14(3,4)9-12(18)19/h10H,6-9H2,1-5H3,(H,18,19)(H,15,17,20). The minimum atomic E-state index is -0.956. The van der Waals surface area contributed by atoms with Gasteiger partial charge in [-0.3, -0.25) is 14.9 Å². The molecule has 0 aliphatic rings. The number of carboxylic acid groups (broad SMARTS) is 1. The third kappa shape index (κ3) is 7.11. The van der Waals surface area contributed by atoms with Gasteiger partial charge in [0.15, 0.2) is 0 Å². The summed E-state index contributed by atoms with van der Waals surface area (Å²) in [5.41, 5.74) is -0.677. The quantitative estimate of drug-likeness (QED) is 0.751. The first-order valence-electron chi connectivity index (χ1n) is 6.87. The molecule has 0 aliphatic carbocycles. The SMILES string of the molecule is CCCC(C)N(C)C(=O)NC(=O)CC(C)(C)CC(=O)O. The molecule has 0 aromatic heterocycles. The second-order valence-corrected chi connectivity index (χ2v) is 6.01. The van der Waals surface area contributed by atoms with Crippen molar-refractivity contribution in [1.82, 2.24) is 10.2 Å². The highest BCUT2D eigenvalue weighted by molar-refractivity contribution is 5.94. The topological polar surface area (TPSA) is 86.7 Å². The van der Waals surface area contributed by atoms with Gasteiger partial charge in [-0.1, -0.05) is 27.2 Å². The normalized spacial score (nSPS) is 12.7. The molecule has 116 valence electrons. The average molecular weight is 286 g/mol. The molecule has 0 rings (SSSR count). The van der Waals surface area contributed by atoms with Crippen LogP contribution in [-0.2, 0) is 9.59 Å². The summed E-state index contributed by atoms with van der Waals surface area (Å²) < 4.78 is 0. The van der Waals surface area contributed by atoms with Crippen LogP contribution >= 0.6 is 0 Å². The molecule has 0 saturated heterocycles. The molecule has 2 N–H and O–H groups in total. The minimum absolute atomic E-state index is 0.00103. The molecular weight excluding hydrogens is 260 g/mol. The van der Waals surface area contributed by atoms with E-state index in [0.717, 1.165) is 12.8 Å². The number of nitrogens with one attached hydrogen (secondary N) is 1. The Balaban J connectivity index is 4.39. The number of nitrogens with zero attached hydrogens (tertiary/aromatic N) is 1. The number of hydrogen-bond donors (Lipinski definition) is 2. The summed E-state index contributed by atoms with van der Waals surface area (Å²) in [6.07, 6.45) is 1.71. The van der Waals surface area contributed by atoms with Crippen LogP contribution < -0.4 is 5.32 Å². The van der Waals surface area contributed by atoms with E-state index in [9.17, 15) is 14.4 Å². The zero-order chi connectivity index (χ0) is 15.9. The maximum atomic E-state index is 11.9. The van der Waals surface area contributed by atoms with Gasteiger partial charge in [0.2, 0.25) is 5.91 Å². The molecule has 0 spiro atoms. The van der Waals surface area contributed by atoms with Crippen molar-refractivity contribution in [3.63, 3.8) is 0 Å². The van der Waals surface area contributed by atoms with E-state index in [1.165, 1.54) is 4.90 Å². The van der Waals surface area contributed by atoms with E-state index < -0.39 is 23.3 Å². The fourth-order valence-electron chi connectivity index (χ4n) is 1.97. The summed E-state index contributed by atoms with van der Waals surface area (Å²) in [6, 6.07) is -0.387. The molecule has 0 bridgehead atoms. The van der Waals surface area contributed by atoms with Crippen LogP contribution in [-0.4, -0.2) is 41.0 Å². The van der Waals surface area contributed by atoms with Crippen molar-refractivity contribution in [1.29, 1.82) is 0 Å². The highest BCUT2D eigenvalue weighted by atomic mass is 16.4. The molecule has 0 aliphatic heterocycles. The molecular formula is C14H26N2O4. The highest BCUT2D eigenvalue weighted by Gasteiger charge is 2.27. The predicted octanol–water partition coefficient (Wildman–Crippen LogP) is 2.23. The second-order valence-electron chi connectivity index (χ2n) is 6.01. The number of carbonyl (C=O) groups excluding carboxylic acids is 2. The van der Waals surface area contributed by atoms with E-state index in [1.54, 1.807) is 20.9 Å². The third-order valence-corrected chi connectivity index (χ3v) is 3.20. The van der Waals surface area contributed by atoms with Gasteiger partial charge in [-0.2, -0.15) is 0 Å². The molecule has 0 aromatic carbocycles. The minimum Gasteiger partial charge on any atom is -0.481 e. The van der Waals surface area contributed by atoms with Gasteiger partial charge in [0.05, 0.1) is 6.42 Å². The van der Waals surface area contributed by atoms with E-state index in [1.807, 2.05) is 13.8 Å². The molecule has 0 fully saturated rings. The monoisotopic (exact) mass is 286 g/mol. The van der Waals surface area contributed by atoms with Crippen molar-refractivity contribution in [2.75, 3.05) is 7.05 Å². The first-order valence-corrected chi connectivity index (χ1v) is 6.87. The molecule has 1 atom stereocenters. The zero-order valence-corrected chi connectivity index (χ0v) is 13.0. The number of rotatable bonds is 7. The fourth-order valence-corrected chi connectivity index (χ4v) is 1.97. The molecule has 6 heteroatoms. The Morgan fingerprint density at radius 3 is 2.25 bits per heavy atom. The lowest BCUT2D eigenvalue weighted by Gasteiger charge is -2.26. The van der Waals surface area contributed by atoms with Crippen molar-refractivity contribution in [3.05, 3.63) is 0 Å². The summed E-state index contributed by atoms with van der Waals surface area (Å²) in [6.45, 7) is 7.33. The summed E-state index contributed by atoms with van der Waals surface area (Å²) in [7, 11) is 1.64. The molecule has 20 heavy (non-hydrogen) atoms. The largest absolute Gasteiger partial charge is 0.481 e. The summed E-state index contributed by atoms with van der Waals surface area (Å²) in [5.74, 6) is -1.40. The lowest BCUT2D eigenvalue weighted by Crippen LogP contribution is -2.45. The van der Waals surface area contributed by atoms with Gasteiger partial charge in [0, 0.05) is 19.5 Å². The van der Waals surface area contributed by atoms with Crippen LogP contribution in [0.5, 0.6) is 0 Å². The van der Waals surface area contributed by atoms with Crippen LogP contribution in [0, 0.1) is 5.41 Å². The van der Waals surface area contributed by atoms with Crippen LogP contribution in [0.4, 0.5) is 4.79 Å². The van der Waals surface area contributed by atoms with E-state index >= 15 is 0 Å². The Kier molecular flexibility index (Phi) is 7.24. The first kappa shape index (κ1) is 18.4. The number of hydrogen-bond acceptors (Lipinski definition) is 3. The van der Waals surface area contributed by atoms with Gasteiger partial charge in [-0.15, -0.1) is 0 Å². The maximum absolute atomic E-state index is 11.9. The molecule has 0 aromatic rings.